The number of benzene rings is 2. The molecule has 1 heterocycles. The zero-order chi connectivity index (χ0) is 20.6. The summed E-state index contributed by atoms with van der Waals surface area (Å²) >= 11 is 1.59. The van der Waals surface area contributed by atoms with Crippen molar-refractivity contribution >= 4 is 28.8 Å². The van der Waals surface area contributed by atoms with Crippen LogP contribution in [-0.2, 0) is 21.8 Å². The van der Waals surface area contributed by atoms with Gasteiger partial charge in [-0.15, -0.1) is 0 Å². The first-order valence-corrected chi connectivity index (χ1v) is 10.7. The second-order valence-corrected chi connectivity index (χ2v) is 7.38. The molecule has 0 radical (unpaired) electrons. The number of hydrogen-bond acceptors (Lipinski definition) is 5. The van der Waals surface area contributed by atoms with Gasteiger partial charge in [0.25, 0.3) is 0 Å². The lowest BCUT2D eigenvalue weighted by atomic mass is 10.2. The SMILES string of the molecule is CCOCCCn1c(SCc2ccc(F)cc2)nc2cc(C(=O)OCC)ccc21. The maximum absolute atomic E-state index is 13.1. The number of nitrogens with zero attached hydrogens (tertiary/aromatic N) is 2. The van der Waals surface area contributed by atoms with Gasteiger partial charge in [-0.2, -0.15) is 0 Å². The summed E-state index contributed by atoms with van der Waals surface area (Å²) in [5.74, 6) is 0.0917. The zero-order valence-corrected chi connectivity index (χ0v) is 17.5. The molecule has 0 amide bonds. The van der Waals surface area contributed by atoms with Gasteiger partial charge in [0.2, 0.25) is 0 Å². The van der Waals surface area contributed by atoms with E-state index in [9.17, 15) is 9.18 Å². The molecule has 154 valence electrons. The number of aryl methyl sites for hydroxylation is 1. The highest BCUT2D eigenvalue weighted by Gasteiger charge is 2.15. The lowest BCUT2D eigenvalue weighted by Gasteiger charge is -2.09. The van der Waals surface area contributed by atoms with E-state index >= 15 is 0 Å². The summed E-state index contributed by atoms with van der Waals surface area (Å²) in [4.78, 5) is 16.8. The van der Waals surface area contributed by atoms with E-state index in [1.54, 1.807) is 43.0 Å². The normalized spacial score (nSPS) is 11.1. The number of fused-ring (bicyclic) bond motifs is 1. The van der Waals surface area contributed by atoms with E-state index < -0.39 is 0 Å². The van der Waals surface area contributed by atoms with Gasteiger partial charge in [0.05, 0.1) is 23.2 Å². The second kappa shape index (κ2) is 10.4. The van der Waals surface area contributed by atoms with Crippen molar-refractivity contribution in [2.75, 3.05) is 19.8 Å². The molecule has 0 saturated heterocycles. The molecule has 0 aliphatic heterocycles. The molecule has 0 saturated carbocycles. The molecule has 0 aliphatic rings. The number of aromatic nitrogens is 2. The van der Waals surface area contributed by atoms with Crippen molar-refractivity contribution in [2.45, 2.75) is 37.7 Å². The standard InChI is InChI=1S/C22H25FN2O3S/c1-3-27-13-5-12-25-20-11-8-17(21(26)28-4-2)14-19(20)24-22(25)29-15-16-6-9-18(23)10-7-16/h6-11,14H,3-5,12-13,15H2,1-2H3. The molecular formula is C22H25FN2O3S. The molecule has 29 heavy (non-hydrogen) atoms. The Morgan fingerprint density at radius 3 is 2.66 bits per heavy atom. The van der Waals surface area contributed by atoms with E-state index in [0.717, 1.165) is 34.7 Å². The monoisotopic (exact) mass is 416 g/mol. The molecule has 1 aromatic heterocycles. The predicted octanol–water partition coefficient (Wildman–Crippen LogP) is 5.07. The van der Waals surface area contributed by atoms with Crippen LogP contribution in [0.2, 0.25) is 0 Å². The summed E-state index contributed by atoms with van der Waals surface area (Å²) in [6.07, 6.45) is 0.864. The summed E-state index contributed by atoms with van der Waals surface area (Å²) in [6, 6.07) is 12.0. The Morgan fingerprint density at radius 1 is 1.14 bits per heavy atom. The molecule has 0 aliphatic carbocycles. The van der Waals surface area contributed by atoms with Gasteiger partial charge < -0.3 is 14.0 Å². The number of carbonyl (C=O) groups excluding carboxylic acids is 1. The summed E-state index contributed by atoms with van der Waals surface area (Å²) in [7, 11) is 0. The molecule has 5 nitrogen and oxygen atoms in total. The van der Waals surface area contributed by atoms with Crippen LogP contribution in [0.15, 0.2) is 47.6 Å². The molecular weight excluding hydrogens is 391 g/mol. The lowest BCUT2D eigenvalue weighted by molar-refractivity contribution is 0.0526. The highest BCUT2D eigenvalue weighted by Crippen LogP contribution is 2.28. The van der Waals surface area contributed by atoms with Crippen molar-refractivity contribution in [1.29, 1.82) is 0 Å². The fourth-order valence-electron chi connectivity index (χ4n) is 2.97. The van der Waals surface area contributed by atoms with Gasteiger partial charge in [0.1, 0.15) is 5.82 Å². The Balaban J connectivity index is 1.85. The smallest absolute Gasteiger partial charge is 0.338 e. The molecule has 0 spiro atoms. The van der Waals surface area contributed by atoms with E-state index in [-0.39, 0.29) is 11.8 Å². The molecule has 0 fully saturated rings. The maximum atomic E-state index is 13.1. The molecule has 0 atom stereocenters. The first-order chi connectivity index (χ1) is 14.1. The summed E-state index contributed by atoms with van der Waals surface area (Å²) < 4.78 is 25.9. The van der Waals surface area contributed by atoms with Gasteiger partial charge in [-0.1, -0.05) is 23.9 Å². The molecule has 0 bridgehead atoms. The van der Waals surface area contributed by atoms with Crippen LogP contribution in [0.4, 0.5) is 4.39 Å². The summed E-state index contributed by atoms with van der Waals surface area (Å²) in [5.41, 5.74) is 3.25. The Labute approximate surface area is 174 Å². The number of halogens is 1. The quantitative estimate of drug-likeness (QED) is 0.262. The first-order valence-electron chi connectivity index (χ1n) is 9.74. The number of hydrogen-bond donors (Lipinski definition) is 0. The van der Waals surface area contributed by atoms with Crippen molar-refractivity contribution in [3.63, 3.8) is 0 Å². The fourth-order valence-corrected chi connectivity index (χ4v) is 3.97. The maximum Gasteiger partial charge on any atom is 0.338 e. The number of rotatable bonds is 10. The van der Waals surface area contributed by atoms with E-state index in [1.165, 1.54) is 12.1 Å². The highest BCUT2D eigenvalue weighted by atomic mass is 32.2. The largest absolute Gasteiger partial charge is 0.462 e. The van der Waals surface area contributed by atoms with Gasteiger partial charge in [0.15, 0.2) is 5.16 Å². The van der Waals surface area contributed by atoms with E-state index in [2.05, 4.69) is 4.57 Å². The van der Waals surface area contributed by atoms with E-state index in [1.807, 2.05) is 13.0 Å². The van der Waals surface area contributed by atoms with Gasteiger partial charge >= 0.3 is 5.97 Å². The van der Waals surface area contributed by atoms with Crippen molar-refractivity contribution in [1.82, 2.24) is 9.55 Å². The minimum absolute atomic E-state index is 0.242. The van der Waals surface area contributed by atoms with Crippen LogP contribution in [0.1, 0.15) is 36.2 Å². The van der Waals surface area contributed by atoms with Crippen LogP contribution < -0.4 is 0 Å². The minimum atomic E-state index is -0.346. The number of thioether (sulfide) groups is 1. The van der Waals surface area contributed by atoms with Crippen LogP contribution in [-0.4, -0.2) is 35.3 Å². The number of imidazole rings is 1. The van der Waals surface area contributed by atoms with Gasteiger partial charge in [0, 0.05) is 25.5 Å². The van der Waals surface area contributed by atoms with E-state index in [4.69, 9.17) is 14.5 Å². The van der Waals surface area contributed by atoms with Gasteiger partial charge in [-0.25, -0.2) is 14.2 Å². The zero-order valence-electron chi connectivity index (χ0n) is 16.7. The Morgan fingerprint density at radius 2 is 1.93 bits per heavy atom. The average Bonchev–Trinajstić information content (AvgIpc) is 3.07. The van der Waals surface area contributed by atoms with Crippen LogP contribution >= 0.6 is 11.8 Å². The second-order valence-electron chi connectivity index (χ2n) is 6.44. The van der Waals surface area contributed by atoms with Crippen LogP contribution in [0, 0.1) is 5.82 Å². The van der Waals surface area contributed by atoms with Crippen LogP contribution in [0.5, 0.6) is 0 Å². The van der Waals surface area contributed by atoms with E-state index in [0.29, 0.717) is 31.1 Å². The third kappa shape index (κ3) is 5.58. The third-order valence-electron chi connectivity index (χ3n) is 4.38. The van der Waals surface area contributed by atoms with Gasteiger partial charge in [-0.3, -0.25) is 0 Å². The molecule has 7 heteroatoms. The average molecular weight is 417 g/mol. The number of carbonyl (C=O) groups is 1. The Hall–Kier alpha value is -2.38. The Kier molecular flexibility index (Phi) is 7.66. The molecule has 3 rings (SSSR count). The van der Waals surface area contributed by atoms with Crippen LogP contribution in [0.25, 0.3) is 11.0 Å². The van der Waals surface area contributed by atoms with Crippen molar-refractivity contribution < 1.29 is 18.7 Å². The molecule has 2 aromatic carbocycles. The van der Waals surface area contributed by atoms with Crippen molar-refractivity contribution in [3.05, 3.63) is 59.4 Å². The Bertz CT molecular complexity index is 957. The van der Waals surface area contributed by atoms with Gasteiger partial charge in [-0.05, 0) is 56.2 Å². The highest BCUT2D eigenvalue weighted by molar-refractivity contribution is 7.98. The van der Waals surface area contributed by atoms with Crippen LogP contribution in [0.3, 0.4) is 0 Å². The fraction of sp³-hybridized carbons (Fsp3) is 0.364. The lowest BCUT2D eigenvalue weighted by Crippen LogP contribution is -2.05. The molecule has 0 unspecified atom stereocenters. The van der Waals surface area contributed by atoms with Crippen molar-refractivity contribution in [2.24, 2.45) is 0 Å². The number of esters is 1. The molecule has 0 N–H and O–H groups in total. The van der Waals surface area contributed by atoms with Crippen molar-refractivity contribution in [3.8, 4) is 0 Å². The minimum Gasteiger partial charge on any atom is -0.462 e. The first kappa shape index (κ1) is 21.3. The molecule has 3 aromatic rings. The topological polar surface area (TPSA) is 53.4 Å². The summed E-state index contributed by atoms with van der Waals surface area (Å²) in [5, 5.41) is 0.863. The number of ether oxygens (including phenoxy) is 2. The summed E-state index contributed by atoms with van der Waals surface area (Å²) in [6.45, 7) is 6.24. The third-order valence-corrected chi connectivity index (χ3v) is 5.43. The predicted molar refractivity (Wildman–Crippen MR) is 113 cm³/mol.